The second kappa shape index (κ2) is 6.33. The summed E-state index contributed by atoms with van der Waals surface area (Å²) in [7, 11) is 0. The van der Waals surface area contributed by atoms with Crippen LogP contribution >= 0.6 is 23.2 Å². The molecule has 1 fully saturated rings. The summed E-state index contributed by atoms with van der Waals surface area (Å²) in [6, 6.07) is 4.21. The normalized spacial score (nSPS) is 13.9. The number of ether oxygens (including phenoxy) is 1. The summed E-state index contributed by atoms with van der Waals surface area (Å²) in [5.41, 5.74) is 0.984. The van der Waals surface area contributed by atoms with E-state index in [9.17, 15) is 0 Å². The van der Waals surface area contributed by atoms with Gasteiger partial charge in [0.25, 0.3) is 0 Å². The molecule has 2 nitrogen and oxygen atoms in total. The zero-order chi connectivity index (χ0) is 13.0. The third-order valence-electron chi connectivity index (χ3n) is 2.71. The molecule has 0 amide bonds. The lowest BCUT2D eigenvalue weighted by molar-refractivity contribution is 0.365. The molecule has 1 N–H and O–H groups in total. The molecule has 1 saturated carbocycles. The molecule has 1 aromatic carbocycles. The molecule has 0 saturated heterocycles. The molecule has 0 aliphatic heterocycles. The van der Waals surface area contributed by atoms with E-state index in [4.69, 9.17) is 27.9 Å². The average Bonchev–Trinajstić information content (AvgIpc) is 3.13. The van der Waals surface area contributed by atoms with Gasteiger partial charge in [-0.1, -0.05) is 29.1 Å². The van der Waals surface area contributed by atoms with Crippen LogP contribution in [0.25, 0.3) is 0 Å². The van der Waals surface area contributed by atoms with Gasteiger partial charge in [0.05, 0.1) is 5.02 Å². The second-order valence-corrected chi connectivity index (χ2v) is 5.09. The standard InChI is InChI=1S/C14H15Cl2NO/c1-2-3-6-18-14-10(9-17-12-4-5-12)7-11(15)8-13(14)16/h7-8,12,17H,4-6,9H2,1H3. The maximum atomic E-state index is 6.16. The number of nitrogens with one attached hydrogen (secondary N) is 1. The highest BCUT2D eigenvalue weighted by molar-refractivity contribution is 6.35. The van der Waals surface area contributed by atoms with Gasteiger partial charge in [0, 0.05) is 23.2 Å². The minimum absolute atomic E-state index is 0.342. The summed E-state index contributed by atoms with van der Waals surface area (Å²) in [5.74, 6) is 6.33. The van der Waals surface area contributed by atoms with Gasteiger partial charge in [-0.05, 0) is 31.9 Å². The van der Waals surface area contributed by atoms with E-state index in [1.165, 1.54) is 12.8 Å². The van der Waals surface area contributed by atoms with Crippen LogP contribution in [0.5, 0.6) is 5.75 Å². The van der Waals surface area contributed by atoms with E-state index in [-0.39, 0.29) is 0 Å². The molecule has 1 aliphatic carbocycles. The summed E-state index contributed by atoms with van der Waals surface area (Å²) in [4.78, 5) is 0. The van der Waals surface area contributed by atoms with Crippen molar-refractivity contribution in [2.24, 2.45) is 0 Å². The summed E-state index contributed by atoms with van der Waals surface area (Å²) in [6.07, 6.45) is 2.48. The molecule has 0 radical (unpaired) electrons. The first kappa shape index (κ1) is 13.5. The first-order chi connectivity index (χ1) is 8.70. The van der Waals surface area contributed by atoms with Crippen LogP contribution in [-0.4, -0.2) is 12.6 Å². The maximum absolute atomic E-state index is 6.16. The molecule has 18 heavy (non-hydrogen) atoms. The molecule has 96 valence electrons. The van der Waals surface area contributed by atoms with Crippen molar-refractivity contribution in [1.82, 2.24) is 5.32 Å². The predicted molar refractivity (Wildman–Crippen MR) is 75.3 cm³/mol. The van der Waals surface area contributed by atoms with Crippen LogP contribution in [0, 0.1) is 11.8 Å². The van der Waals surface area contributed by atoms with Gasteiger partial charge in [-0.15, -0.1) is 5.92 Å². The molecule has 0 unspecified atom stereocenters. The molecule has 1 aliphatic rings. The van der Waals surface area contributed by atoms with Gasteiger partial charge >= 0.3 is 0 Å². The molecule has 1 aromatic rings. The molecule has 0 aromatic heterocycles. The van der Waals surface area contributed by atoms with E-state index in [2.05, 4.69) is 17.2 Å². The highest BCUT2D eigenvalue weighted by Gasteiger charge is 2.21. The molecule has 0 bridgehead atoms. The largest absolute Gasteiger partial charge is 0.479 e. The topological polar surface area (TPSA) is 21.3 Å². The fourth-order valence-electron chi connectivity index (χ4n) is 1.63. The first-order valence-electron chi connectivity index (χ1n) is 5.94. The van der Waals surface area contributed by atoms with Crippen molar-refractivity contribution in [3.05, 3.63) is 27.7 Å². The smallest absolute Gasteiger partial charge is 0.149 e. The maximum Gasteiger partial charge on any atom is 0.149 e. The molecular weight excluding hydrogens is 269 g/mol. The van der Waals surface area contributed by atoms with Crippen molar-refractivity contribution in [1.29, 1.82) is 0 Å². The zero-order valence-electron chi connectivity index (χ0n) is 10.2. The number of hydrogen-bond acceptors (Lipinski definition) is 2. The fraction of sp³-hybridized carbons (Fsp3) is 0.429. The second-order valence-electron chi connectivity index (χ2n) is 4.25. The summed E-state index contributed by atoms with van der Waals surface area (Å²) >= 11 is 12.2. The van der Waals surface area contributed by atoms with E-state index in [0.29, 0.717) is 28.4 Å². The first-order valence-corrected chi connectivity index (χ1v) is 6.70. The van der Waals surface area contributed by atoms with Crippen LogP contribution in [-0.2, 0) is 6.54 Å². The van der Waals surface area contributed by atoms with E-state index in [0.717, 1.165) is 12.1 Å². The molecule has 4 heteroatoms. The van der Waals surface area contributed by atoms with Crippen LogP contribution in [0.3, 0.4) is 0 Å². The summed E-state index contributed by atoms with van der Waals surface area (Å²) < 4.78 is 5.61. The highest BCUT2D eigenvalue weighted by atomic mass is 35.5. The van der Waals surface area contributed by atoms with Gasteiger partial charge in [0.2, 0.25) is 0 Å². The van der Waals surface area contributed by atoms with Crippen LogP contribution < -0.4 is 10.1 Å². The van der Waals surface area contributed by atoms with Crippen LogP contribution in [0.4, 0.5) is 0 Å². The lowest BCUT2D eigenvalue weighted by atomic mass is 10.2. The van der Waals surface area contributed by atoms with Crippen LogP contribution in [0.2, 0.25) is 10.0 Å². The monoisotopic (exact) mass is 283 g/mol. The van der Waals surface area contributed by atoms with E-state index < -0.39 is 0 Å². The molecule has 0 spiro atoms. The Morgan fingerprint density at radius 2 is 2.17 bits per heavy atom. The summed E-state index contributed by atoms with van der Waals surface area (Å²) in [5, 5.41) is 4.59. The lowest BCUT2D eigenvalue weighted by Crippen LogP contribution is -2.16. The van der Waals surface area contributed by atoms with Gasteiger partial charge in [0.15, 0.2) is 0 Å². The molecule has 2 rings (SSSR count). The SMILES string of the molecule is CC#CCOc1c(Cl)cc(Cl)cc1CNC1CC1. The Kier molecular flexibility index (Phi) is 4.77. The minimum atomic E-state index is 0.342. The van der Waals surface area contributed by atoms with E-state index >= 15 is 0 Å². The Morgan fingerprint density at radius 3 is 2.83 bits per heavy atom. The van der Waals surface area contributed by atoms with Crippen molar-refractivity contribution in [2.75, 3.05) is 6.61 Å². The number of halogens is 2. The molecule has 0 heterocycles. The third kappa shape index (κ3) is 3.81. The average molecular weight is 284 g/mol. The van der Waals surface area contributed by atoms with Crippen LogP contribution in [0.1, 0.15) is 25.3 Å². The zero-order valence-corrected chi connectivity index (χ0v) is 11.7. The van der Waals surface area contributed by atoms with Crippen molar-refractivity contribution in [2.45, 2.75) is 32.4 Å². The van der Waals surface area contributed by atoms with Gasteiger partial charge in [0.1, 0.15) is 12.4 Å². The van der Waals surface area contributed by atoms with Crippen molar-refractivity contribution >= 4 is 23.2 Å². The summed E-state index contributed by atoms with van der Waals surface area (Å²) in [6.45, 7) is 2.84. The molecular formula is C14H15Cl2NO. The highest BCUT2D eigenvalue weighted by Crippen LogP contribution is 2.33. The van der Waals surface area contributed by atoms with E-state index in [1.807, 2.05) is 6.07 Å². The number of benzene rings is 1. The fourth-order valence-corrected chi connectivity index (χ4v) is 2.22. The van der Waals surface area contributed by atoms with Crippen molar-refractivity contribution < 1.29 is 4.74 Å². The Morgan fingerprint density at radius 1 is 1.39 bits per heavy atom. The Bertz CT molecular complexity index is 487. The lowest BCUT2D eigenvalue weighted by Gasteiger charge is -2.12. The van der Waals surface area contributed by atoms with Gasteiger partial charge in [-0.2, -0.15) is 0 Å². The molecule has 0 atom stereocenters. The van der Waals surface area contributed by atoms with Crippen LogP contribution in [0.15, 0.2) is 12.1 Å². The Hall–Kier alpha value is -0.880. The van der Waals surface area contributed by atoms with Gasteiger partial charge in [-0.3, -0.25) is 0 Å². The number of rotatable bonds is 5. The quantitative estimate of drug-likeness (QED) is 0.833. The minimum Gasteiger partial charge on any atom is -0.479 e. The van der Waals surface area contributed by atoms with E-state index in [1.54, 1.807) is 13.0 Å². The van der Waals surface area contributed by atoms with Crippen molar-refractivity contribution in [3.63, 3.8) is 0 Å². The van der Waals surface area contributed by atoms with Crippen molar-refractivity contribution in [3.8, 4) is 17.6 Å². The predicted octanol–water partition coefficient (Wildman–Crippen LogP) is 3.65. The van der Waals surface area contributed by atoms with Gasteiger partial charge < -0.3 is 10.1 Å². The van der Waals surface area contributed by atoms with Gasteiger partial charge in [-0.25, -0.2) is 0 Å². The third-order valence-corrected chi connectivity index (χ3v) is 3.21. The Balaban J connectivity index is 2.12. The number of hydrogen-bond donors (Lipinski definition) is 1. The Labute approximate surface area is 118 Å².